The van der Waals surface area contributed by atoms with Crippen LogP contribution in [0, 0.1) is 22.7 Å². The van der Waals surface area contributed by atoms with Crippen molar-refractivity contribution in [2.75, 3.05) is 23.8 Å². The van der Waals surface area contributed by atoms with E-state index in [2.05, 4.69) is 36.4 Å². The minimum absolute atomic E-state index is 0.0450. The van der Waals surface area contributed by atoms with Crippen molar-refractivity contribution in [3.05, 3.63) is 77.7 Å². The Bertz CT molecular complexity index is 2360. The number of nitrogens with zero attached hydrogens (tertiary/aromatic N) is 1. The highest BCUT2D eigenvalue weighted by Crippen LogP contribution is 2.72. The van der Waals surface area contributed by atoms with E-state index in [0.717, 1.165) is 12.2 Å². The van der Waals surface area contributed by atoms with Gasteiger partial charge in [-0.1, -0.05) is 41.1 Å². The number of Topliss-reactive ketones (excluding diaryl/α,β-unsaturated/α-hetero) is 1. The summed E-state index contributed by atoms with van der Waals surface area (Å²) in [4.78, 5) is 94.2. The Morgan fingerprint density at radius 3 is 2.56 bits per heavy atom. The van der Waals surface area contributed by atoms with Gasteiger partial charge in [-0.05, 0) is 80.0 Å². The van der Waals surface area contributed by atoms with Crippen LogP contribution in [-0.4, -0.2) is 114 Å². The first kappa shape index (κ1) is 47.5. The summed E-state index contributed by atoms with van der Waals surface area (Å²) in [6, 6.07) is 7.08. The van der Waals surface area contributed by atoms with Crippen LogP contribution in [0.1, 0.15) is 63.4 Å². The fourth-order valence-electron chi connectivity index (χ4n) is 10.7. The fourth-order valence-corrected chi connectivity index (χ4v) is 11.2. The number of alkyl halides is 3. The maximum absolute atomic E-state index is 17.9. The molecule has 64 heavy (non-hydrogen) atoms. The second-order valence-electron chi connectivity index (χ2n) is 17.4. The number of allylic oxidation sites excluding steroid dienone is 4. The SMILES string of the molecule is C[C@]12C=CC(=O)C=C1[C@@H](F)C[C@H]1[C@@H]3C[C@H]4O[C@@H](c5ccn(Cc6cccc(NC(=O)[C@H](CCC(=O)O)NC(=O)CNC(=O)CBr)c6)c5)O[C@@]4(C(=O)COP(=O)(O)O)[C@@]3(C)C[C@H](O)[C@@]12F. The summed E-state index contributed by atoms with van der Waals surface area (Å²) in [5.74, 6) is -6.51. The molecule has 5 aliphatic rings. The van der Waals surface area contributed by atoms with Gasteiger partial charge in [-0.2, -0.15) is 0 Å². The number of carbonyl (C=O) groups excluding carboxylic acids is 5. The van der Waals surface area contributed by atoms with Gasteiger partial charge in [0, 0.05) is 53.4 Å². The molecule has 1 aromatic heterocycles. The Hall–Kier alpha value is -4.47. The van der Waals surface area contributed by atoms with Crippen molar-refractivity contribution >= 4 is 64.7 Å². The highest BCUT2D eigenvalue weighted by Gasteiger charge is 2.80. The third-order valence-corrected chi connectivity index (χ3v) is 14.6. The average molecular weight is 982 g/mol. The zero-order chi connectivity index (χ0) is 46.6. The summed E-state index contributed by atoms with van der Waals surface area (Å²) >= 11 is 2.96. The van der Waals surface area contributed by atoms with Crippen LogP contribution in [0.4, 0.5) is 14.5 Å². The lowest BCUT2D eigenvalue weighted by atomic mass is 9.44. The number of phosphoric acid groups is 1. The number of carboxylic acids is 1. The van der Waals surface area contributed by atoms with Gasteiger partial charge in [-0.3, -0.25) is 33.3 Å². The van der Waals surface area contributed by atoms with Crippen molar-refractivity contribution in [2.24, 2.45) is 22.7 Å². The van der Waals surface area contributed by atoms with E-state index in [1.54, 1.807) is 54.2 Å². The predicted octanol–water partition coefficient (Wildman–Crippen LogP) is 3.10. The third kappa shape index (κ3) is 8.56. The molecule has 1 saturated heterocycles. The number of nitrogens with one attached hydrogen (secondary N) is 3. The van der Waals surface area contributed by atoms with Crippen LogP contribution in [0.3, 0.4) is 0 Å². The quantitative estimate of drug-likeness (QED) is 0.0942. The lowest BCUT2D eigenvalue weighted by Crippen LogP contribution is -2.70. The normalized spacial score (nSPS) is 33.2. The van der Waals surface area contributed by atoms with E-state index in [-0.39, 0.29) is 30.3 Å². The summed E-state index contributed by atoms with van der Waals surface area (Å²) in [6.07, 6.45) is -0.595. The highest BCUT2D eigenvalue weighted by atomic mass is 79.9. The molecule has 1 aliphatic heterocycles. The van der Waals surface area contributed by atoms with E-state index in [9.17, 15) is 53.3 Å². The molecule has 0 spiro atoms. The van der Waals surface area contributed by atoms with E-state index < -0.39 is 140 Å². The standard InChI is InChI=1S/C42H48BrF2N4O14P/c1-39-10-8-25(50)13-28(39)29(44)14-27-26-15-33-42(32(52)21-61-64(58,59)60,40(26,2)16-31(51)41(27,39)45)63-38(62-33)23-9-11-49(20-23)19-22-4-3-5-24(12-22)47-37(57)30(6-7-36(55)56)48-35(54)18-46-34(53)17-43/h3-5,8-13,20,26-27,29-31,33,38,51H,6-7,14-19,21H2,1-2H3,(H,46,53)(H,47,57)(H,48,54)(H,55,56)(H2,58,59,60)/t26-,27-,29-,30-,31-,33+,38+,39-,40-,41-,42+/m0/s1. The number of ether oxygens (including phenoxy) is 2. The molecule has 4 aliphatic carbocycles. The molecule has 2 heterocycles. The zero-order valence-corrected chi connectivity index (χ0v) is 37.1. The van der Waals surface area contributed by atoms with Crippen molar-refractivity contribution in [3.8, 4) is 0 Å². The number of carbonyl (C=O) groups is 6. The number of hydrogen-bond acceptors (Lipinski definition) is 11. The zero-order valence-electron chi connectivity index (χ0n) is 34.6. The number of fused-ring (bicyclic) bond motifs is 7. The number of amides is 3. The van der Waals surface area contributed by atoms with E-state index in [4.69, 9.17) is 9.47 Å². The molecular weight excluding hydrogens is 933 g/mol. The minimum Gasteiger partial charge on any atom is -0.481 e. The van der Waals surface area contributed by atoms with Crippen LogP contribution in [-0.2, 0) is 53.9 Å². The van der Waals surface area contributed by atoms with Crippen LogP contribution in [0.25, 0.3) is 0 Å². The van der Waals surface area contributed by atoms with Gasteiger partial charge in [-0.15, -0.1) is 0 Å². The van der Waals surface area contributed by atoms with Gasteiger partial charge < -0.3 is 50.0 Å². The number of halogens is 3. The highest BCUT2D eigenvalue weighted by molar-refractivity contribution is 9.09. The first-order valence-corrected chi connectivity index (χ1v) is 23.1. The predicted molar refractivity (Wildman–Crippen MR) is 223 cm³/mol. The average Bonchev–Trinajstić information content (AvgIpc) is 3.92. The first-order valence-electron chi connectivity index (χ1n) is 20.5. The Morgan fingerprint density at radius 2 is 1.86 bits per heavy atom. The number of carboxylic acid groups (broad SMARTS) is 1. The van der Waals surface area contributed by atoms with E-state index in [1.165, 1.54) is 13.0 Å². The topological polar surface area (TPSA) is 269 Å². The number of aliphatic hydroxyl groups is 1. The molecule has 18 nitrogen and oxygen atoms in total. The summed E-state index contributed by atoms with van der Waals surface area (Å²) in [6.45, 7) is 1.72. The van der Waals surface area contributed by atoms with Gasteiger partial charge in [0.2, 0.25) is 17.7 Å². The monoisotopic (exact) mass is 980 g/mol. The van der Waals surface area contributed by atoms with Crippen LogP contribution >= 0.6 is 23.8 Å². The summed E-state index contributed by atoms with van der Waals surface area (Å²) in [5, 5.41) is 28.5. The molecule has 0 unspecified atom stereocenters. The molecule has 1 aromatic carbocycles. The number of aromatic nitrogens is 1. The number of phosphoric ester groups is 1. The molecule has 4 fully saturated rings. The number of hydrogen-bond donors (Lipinski definition) is 7. The van der Waals surface area contributed by atoms with Gasteiger partial charge in [-0.25, -0.2) is 13.3 Å². The molecule has 0 bridgehead atoms. The van der Waals surface area contributed by atoms with Crippen molar-refractivity contribution in [1.29, 1.82) is 0 Å². The summed E-state index contributed by atoms with van der Waals surface area (Å²) < 4.78 is 65.2. The molecule has 7 N–H and O–H groups in total. The lowest BCUT2D eigenvalue weighted by Gasteiger charge is -2.63. The smallest absolute Gasteiger partial charge is 0.470 e. The van der Waals surface area contributed by atoms with Crippen molar-refractivity contribution in [1.82, 2.24) is 15.2 Å². The van der Waals surface area contributed by atoms with Gasteiger partial charge in [0.05, 0.1) is 24.1 Å². The lowest BCUT2D eigenvalue weighted by molar-refractivity contribution is -0.235. The number of anilines is 1. The van der Waals surface area contributed by atoms with E-state index in [1.807, 2.05) is 0 Å². The van der Waals surface area contributed by atoms with Crippen LogP contribution in [0.15, 0.2) is 66.5 Å². The Labute approximate surface area is 373 Å². The molecule has 3 amide bonds. The molecule has 2 aromatic rings. The molecule has 346 valence electrons. The summed E-state index contributed by atoms with van der Waals surface area (Å²) in [5.41, 5.74) is -6.34. The fraction of sp³-hybridized carbons (Fsp3) is 0.524. The second kappa shape index (κ2) is 17.7. The molecule has 0 radical (unpaired) electrons. The summed E-state index contributed by atoms with van der Waals surface area (Å²) in [7, 11) is -5.18. The Morgan fingerprint density at radius 1 is 1.11 bits per heavy atom. The van der Waals surface area contributed by atoms with Gasteiger partial charge >= 0.3 is 13.8 Å². The molecule has 3 saturated carbocycles. The third-order valence-electron chi connectivity index (χ3n) is 13.6. The molecular formula is C42H48BrF2N4O14P. The van der Waals surface area contributed by atoms with E-state index >= 15 is 8.78 Å². The first-order chi connectivity index (χ1) is 30.0. The Balaban J connectivity index is 1.10. The van der Waals surface area contributed by atoms with Crippen molar-refractivity contribution in [2.45, 2.75) is 94.5 Å². The Kier molecular flexibility index (Phi) is 13.2. The van der Waals surface area contributed by atoms with Crippen molar-refractivity contribution in [3.63, 3.8) is 0 Å². The second-order valence-corrected chi connectivity index (χ2v) is 19.2. The van der Waals surface area contributed by atoms with Crippen LogP contribution in [0.2, 0.25) is 0 Å². The minimum atomic E-state index is -5.18. The number of aliphatic hydroxyl groups excluding tert-OH is 1. The number of ketones is 2. The molecule has 11 atom stereocenters. The van der Waals surface area contributed by atoms with Crippen LogP contribution < -0.4 is 16.0 Å². The number of rotatable bonds is 16. The van der Waals surface area contributed by atoms with Crippen molar-refractivity contribution < 1.29 is 76.1 Å². The van der Waals surface area contributed by atoms with Gasteiger partial charge in [0.25, 0.3) is 0 Å². The van der Waals surface area contributed by atoms with Crippen LogP contribution in [0.5, 0.6) is 0 Å². The van der Waals surface area contributed by atoms with Gasteiger partial charge in [0.1, 0.15) is 18.8 Å². The molecule has 7 rings (SSSR count). The van der Waals surface area contributed by atoms with Gasteiger partial charge in [0.15, 0.2) is 29.1 Å². The molecule has 22 heteroatoms. The van der Waals surface area contributed by atoms with E-state index in [0.29, 0.717) is 16.8 Å². The maximum atomic E-state index is 17.9. The largest absolute Gasteiger partial charge is 0.481 e. The number of benzene rings is 1. The number of aliphatic carboxylic acids is 1. The maximum Gasteiger partial charge on any atom is 0.470 e.